The molecule has 0 unspecified atom stereocenters. The molecule has 8 nitrogen and oxygen atoms in total. The van der Waals surface area contributed by atoms with Gasteiger partial charge in [0.15, 0.2) is 6.61 Å². The van der Waals surface area contributed by atoms with E-state index >= 15 is 0 Å². The van der Waals surface area contributed by atoms with Gasteiger partial charge in [0.25, 0.3) is 5.91 Å². The molecule has 3 amide bonds. The number of rotatable bonds is 7. The molecular formula is C22H23BrN4O4. The number of benzene rings is 1. The topological polar surface area (TPSA) is 113 Å². The molecule has 2 rings (SSSR count). The van der Waals surface area contributed by atoms with E-state index < -0.39 is 24.5 Å². The maximum absolute atomic E-state index is 12.2. The van der Waals surface area contributed by atoms with Gasteiger partial charge in [0, 0.05) is 28.1 Å². The zero-order valence-electron chi connectivity index (χ0n) is 17.5. The molecular weight excluding hydrogens is 464 g/mol. The van der Waals surface area contributed by atoms with E-state index in [0.717, 1.165) is 28.0 Å². The van der Waals surface area contributed by atoms with Gasteiger partial charge in [-0.3, -0.25) is 10.1 Å². The van der Waals surface area contributed by atoms with Crippen molar-refractivity contribution in [1.82, 2.24) is 15.2 Å². The van der Waals surface area contributed by atoms with Crippen molar-refractivity contribution < 1.29 is 19.1 Å². The Balaban J connectivity index is 2.11. The number of imide groups is 1. The molecule has 0 bridgehead atoms. The van der Waals surface area contributed by atoms with Crippen molar-refractivity contribution in [2.24, 2.45) is 0 Å². The van der Waals surface area contributed by atoms with Gasteiger partial charge in [-0.15, -0.1) is 0 Å². The summed E-state index contributed by atoms with van der Waals surface area (Å²) in [6.07, 6.45) is 2.14. The molecule has 31 heavy (non-hydrogen) atoms. The third-order valence-corrected chi connectivity index (χ3v) is 4.85. The highest BCUT2D eigenvalue weighted by Crippen LogP contribution is 2.24. The van der Waals surface area contributed by atoms with Crippen molar-refractivity contribution >= 4 is 39.9 Å². The van der Waals surface area contributed by atoms with Gasteiger partial charge in [-0.1, -0.05) is 22.9 Å². The van der Waals surface area contributed by atoms with Gasteiger partial charge in [0.05, 0.1) is 0 Å². The van der Waals surface area contributed by atoms with E-state index in [9.17, 15) is 19.6 Å². The van der Waals surface area contributed by atoms with Gasteiger partial charge in [0.1, 0.15) is 11.6 Å². The summed E-state index contributed by atoms with van der Waals surface area (Å²) in [6, 6.07) is 10.7. The maximum Gasteiger partial charge on any atom is 0.349 e. The summed E-state index contributed by atoms with van der Waals surface area (Å²) in [4.78, 5) is 35.4. The number of aromatic nitrogens is 1. The van der Waals surface area contributed by atoms with Gasteiger partial charge in [0.2, 0.25) is 0 Å². The van der Waals surface area contributed by atoms with Crippen LogP contribution in [0.1, 0.15) is 30.3 Å². The first kappa shape index (κ1) is 23.9. The molecule has 0 radical (unpaired) electrons. The van der Waals surface area contributed by atoms with Crippen molar-refractivity contribution in [3.05, 3.63) is 57.3 Å². The lowest BCUT2D eigenvalue weighted by atomic mass is 10.1. The fourth-order valence-electron chi connectivity index (χ4n) is 2.87. The van der Waals surface area contributed by atoms with Crippen LogP contribution in [-0.2, 0) is 14.3 Å². The zero-order valence-corrected chi connectivity index (χ0v) is 19.1. The number of urea groups is 1. The summed E-state index contributed by atoms with van der Waals surface area (Å²) in [7, 11) is 0. The number of esters is 1. The lowest BCUT2D eigenvalue weighted by Crippen LogP contribution is -2.41. The molecule has 0 aliphatic rings. The minimum atomic E-state index is -0.944. The van der Waals surface area contributed by atoms with Crippen LogP contribution in [0.4, 0.5) is 4.79 Å². The number of nitrogens with one attached hydrogen (secondary N) is 2. The van der Waals surface area contributed by atoms with E-state index in [2.05, 4.69) is 21.2 Å². The summed E-state index contributed by atoms with van der Waals surface area (Å²) in [5.41, 5.74) is 3.13. The lowest BCUT2D eigenvalue weighted by Gasteiger charge is -2.09. The number of amides is 3. The number of carbonyl (C=O) groups is 3. The summed E-state index contributed by atoms with van der Waals surface area (Å²) < 4.78 is 7.83. The summed E-state index contributed by atoms with van der Waals surface area (Å²) in [5.74, 6) is -1.73. The minimum Gasteiger partial charge on any atom is -0.451 e. The van der Waals surface area contributed by atoms with Crippen LogP contribution < -0.4 is 10.6 Å². The second kappa shape index (κ2) is 11.1. The first-order chi connectivity index (χ1) is 14.8. The Morgan fingerprint density at radius 3 is 2.52 bits per heavy atom. The van der Waals surface area contributed by atoms with Crippen LogP contribution in [0.15, 0.2) is 40.4 Å². The van der Waals surface area contributed by atoms with Crippen LogP contribution >= 0.6 is 15.9 Å². The molecule has 0 fully saturated rings. The number of nitrogens with zero attached hydrogens (tertiary/aromatic N) is 2. The van der Waals surface area contributed by atoms with E-state index in [1.54, 1.807) is 6.07 Å². The molecule has 1 aromatic carbocycles. The second-order valence-corrected chi connectivity index (χ2v) is 7.60. The number of halogens is 1. The highest BCUT2D eigenvalue weighted by molar-refractivity contribution is 9.10. The molecule has 0 saturated heterocycles. The zero-order chi connectivity index (χ0) is 23.0. The number of hydrogen-bond acceptors (Lipinski definition) is 5. The van der Waals surface area contributed by atoms with Crippen molar-refractivity contribution in [2.75, 3.05) is 13.2 Å². The number of ether oxygens (including phenoxy) is 1. The van der Waals surface area contributed by atoms with Crippen LogP contribution in [0.5, 0.6) is 0 Å². The average Bonchev–Trinajstić information content (AvgIpc) is 3.02. The fraction of sp³-hybridized carbons (Fsp3) is 0.273. The predicted octanol–water partition coefficient (Wildman–Crippen LogP) is 3.54. The van der Waals surface area contributed by atoms with Crippen molar-refractivity contribution in [1.29, 1.82) is 5.26 Å². The Hall–Kier alpha value is -3.38. The van der Waals surface area contributed by atoms with Gasteiger partial charge < -0.3 is 14.6 Å². The quantitative estimate of drug-likeness (QED) is 0.353. The monoisotopic (exact) mass is 486 g/mol. The van der Waals surface area contributed by atoms with E-state index in [-0.39, 0.29) is 5.57 Å². The standard InChI is InChI=1S/C22H23BrN4O4/c1-4-9-25-22(30)26-20(28)13-31-21(29)17(12-24)11-16-10-14(2)27(15(16)3)19-7-5-18(23)6-8-19/h5-8,10-11H,4,9,13H2,1-3H3,(H2,25,26,28,30)/b17-11+. The van der Waals surface area contributed by atoms with Crippen LogP contribution in [0, 0.1) is 25.2 Å². The summed E-state index contributed by atoms with van der Waals surface area (Å²) in [6.45, 7) is 5.42. The molecule has 162 valence electrons. The molecule has 0 saturated carbocycles. The SMILES string of the molecule is CCCNC(=O)NC(=O)COC(=O)/C(C#N)=C/c1cc(C)n(-c2ccc(Br)cc2)c1C. The Morgan fingerprint density at radius 1 is 1.23 bits per heavy atom. The molecule has 1 aromatic heterocycles. The normalized spacial score (nSPS) is 10.9. The fourth-order valence-corrected chi connectivity index (χ4v) is 3.13. The van der Waals surface area contributed by atoms with Gasteiger partial charge in [-0.2, -0.15) is 5.26 Å². The van der Waals surface area contributed by atoms with Crippen molar-refractivity contribution in [3.8, 4) is 11.8 Å². The van der Waals surface area contributed by atoms with Crippen LogP contribution in [-0.4, -0.2) is 35.6 Å². The maximum atomic E-state index is 12.2. The number of carbonyl (C=O) groups excluding carboxylic acids is 3. The van der Waals surface area contributed by atoms with Gasteiger partial charge in [-0.25, -0.2) is 9.59 Å². The highest BCUT2D eigenvalue weighted by Gasteiger charge is 2.17. The van der Waals surface area contributed by atoms with E-state index in [0.29, 0.717) is 12.1 Å². The molecule has 2 N–H and O–H groups in total. The van der Waals surface area contributed by atoms with Crippen LogP contribution in [0.25, 0.3) is 11.8 Å². The first-order valence-corrected chi connectivity index (χ1v) is 10.4. The number of aryl methyl sites for hydroxylation is 1. The third-order valence-electron chi connectivity index (χ3n) is 4.32. The minimum absolute atomic E-state index is 0.251. The Labute approximate surface area is 189 Å². The van der Waals surface area contributed by atoms with Crippen molar-refractivity contribution in [2.45, 2.75) is 27.2 Å². The predicted molar refractivity (Wildman–Crippen MR) is 119 cm³/mol. The van der Waals surface area contributed by atoms with E-state index in [4.69, 9.17) is 4.74 Å². The van der Waals surface area contributed by atoms with Gasteiger partial charge >= 0.3 is 12.0 Å². The first-order valence-electron chi connectivity index (χ1n) is 9.58. The molecule has 1 heterocycles. The summed E-state index contributed by atoms with van der Waals surface area (Å²) in [5, 5.41) is 13.9. The average molecular weight is 487 g/mol. The molecule has 0 aliphatic carbocycles. The number of nitriles is 1. The highest BCUT2D eigenvalue weighted by atomic mass is 79.9. The molecule has 9 heteroatoms. The third kappa shape index (κ3) is 6.55. The smallest absolute Gasteiger partial charge is 0.349 e. The Kier molecular flexibility index (Phi) is 8.58. The molecule has 2 aromatic rings. The molecule has 0 atom stereocenters. The van der Waals surface area contributed by atoms with Gasteiger partial charge in [-0.05, 0) is 62.2 Å². The number of hydrogen-bond donors (Lipinski definition) is 2. The Morgan fingerprint density at radius 2 is 1.90 bits per heavy atom. The van der Waals surface area contributed by atoms with Crippen LogP contribution in [0.3, 0.4) is 0 Å². The second-order valence-electron chi connectivity index (χ2n) is 6.69. The summed E-state index contributed by atoms with van der Waals surface area (Å²) >= 11 is 3.41. The lowest BCUT2D eigenvalue weighted by molar-refractivity contribution is -0.144. The van der Waals surface area contributed by atoms with Crippen molar-refractivity contribution in [3.63, 3.8) is 0 Å². The molecule has 0 spiro atoms. The molecule has 0 aliphatic heterocycles. The van der Waals surface area contributed by atoms with Crippen LogP contribution in [0.2, 0.25) is 0 Å². The Bertz CT molecular complexity index is 1050. The van der Waals surface area contributed by atoms with E-state index in [1.165, 1.54) is 6.08 Å². The van der Waals surface area contributed by atoms with E-state index in [1.807, 2.05) is 61.0 Å². The largest absolute Gasteiger partial charge is 0.451 e.